The van der Waals surface area contributed by atoms with E-state index in [1.165, 1.54) is 6.07 Å². The number of tetrazole rings is 1. The van der Waals surface area contributed by atoms with Gasteiger partial charge in [-0.2, -0.15) is 5.21 Å². The Morgan fingerprint density at radius 1 is 1.48 bits per heavy atom. The number of rotatable bonds is 4. The van der Waals surface area contributed by atoms with Gasteiger partial charge in [0.15, 0.2) is 0 Å². The first-order valence-electron chi connectivity index (χ1n) is 6.60. The van der Waals surface area contributed by atoms with Gasteiger partial charge in [0.1, 0.15) is 5.82 Å². The second-order valence-electron chi connectivity index (χ2n) is 5.12. The summed E-state index contributed by atoms with van der Waals surface area (Å²) in [4.78, 5) is 11.8. The van der Waals surface area contributed by atoms with Crippen molar-refractivity contribution in [2.75, 3.05) is 0 Å². The number of halogens is 1. The number of hydrogen-bond acceptors (Lipinski definition) is 4. The Kier molecular flexibility index (Phi) is 3.47. The average molecular weight is 287 g/mol. The fourth-order valence-corrected chi connectivity index (χ4v) is 2.28. The number of aromatic nitrogens is 4. The fourth-order valence-electron chi connectivity index (χ4n) is 2.28. The Labute approximate surface area is 120 Å². The number of carbonyl (C=O) groups excluding carboxylic acids is 1. The van der Waals surface area contributed by atoms with Gasteiger partial charge in [0, 0.05) is 12.5 Å². The third-order valence-corrected chi connectivity index (χ3v) is 3.53. The van der Waals surface area contributed by atoms with Crippen molar-refractivity contribution in [3.8, 4) is 11.4 Å². The lowest BCUT2D eigenvalue weighted by Crippen LogP contribution is -2.34. The summed E-state index contributed by atoms with van der Waals surface area (Å²) in [6.07, 6.45) is 1.49. The van der Waals surface area contributed by atoms with E-state index in [9.17, 15) is 9.18 Å². The minimum absolute atomic E-state index is 0.00921. The molecule has 108 valence electrons. The van der Waals surface area contributed by atoms with E-state index >= 15 is 0 Å². The Bertz CT molecular complexity index is 675. The van der Waals surface area contributed by atoms with Crippen LogP contribution >= 0.6 is 0 Å². The SMILES string of the molecule is C=C1CC(C(=O)NCc2ccc(-c3nn[nH]n3)c(F)c2)C1. The van der Waals surface area contributed by atoms with Crippen molar-refractivity contribution in [3.05, 3.63) is 41.7 Å². The van der Waals surface area contributed by atoms with E-state index in [2.05, 4.69) is 32.5 Å². The molecular weight excluding hydrogens is 273 g/mol. The molecule has 0 aliphatic heterocycles. The van der Waals surface area contributed by atoms with Crippen molar-refractivity contribution in [2.45, 2.75) is 19.4 Å². The van der Waals surface area contributed by atoms with Gasteiger partial charge in [-0.3, -0.25) is 4.79 Å². The molecule has 1 heterocycles. The van der Waals surface area contributed by atoms with Crippen LogP contribution < -0.4 is 5.32 Å². The number of amides is 1. The molecule has 0 unspecified atom stereocenters. The molecule has 2 aromatic rings. The van der Waals surface area contributed by atoms with E-state index in [0.29, 0.717) is 12.1 Å². The molecule has 2 N–H and O–H groups in total. The molecule has 1 aromatic heterocycles. The molecule has 1 fully saturated rings. The molecule has 1 aliphatic carbocycles. The Morgan fingerprint density at radius 3 is 2.90 bits per heavy atom. The number of allylic oxidation sites excluding steroid dienone is 1. The van der Waals surface area contributed by atoms with Crippen molar-refractivity contribution < 1.29 is 9.18 Å². The number of aromatic amines is 1. The lowest BCUT2D eigenvalue weighted by atomic mass is 9.80. The highest BCUT2D eigenvalue weighted by Crippen LogP contribution is 2.31. The topological polar surface area (TPSA) is 83.6 Å². The van der Waals surface area contributed by atoms with Crippen LogP contribution in [0.15, 0.2) is 30.4 Å². The maximum Gasteiger partial charge on any atom is 0.224 e. The second kappa shape index (κ2) is 5.43. The number of nitrogens with one attached hydrogen (secondary N) is 2. The van der Waals surface area contributed by atoms with Crippen LogP contribution in [-0.4, -0.2) is 26.5 Å². The predicted molar refractivity (Wildman–Crippen MR) is 73.3 cm³/mol. The van der Waals surface area contributed by atoms with Gasteiger partial charge in [-0.15, -0.1) is 10.2 Å². The normalized spacial score (nSPS) is 14.8. The standard InChI is InChI=1S/C14H14FN5O/c1-8-4-10(5-8)14(21)16-7-9-2-3-11(12(15)6-9)13-17-19-20-18-13/h2-3,6,10H,1,4-5,7H2,(H,16,21)(H,17,18,19,20). The van der Waals surface area contributed by atoms with E-state index in [1.54, 1.807) is 12.1 Å². The molecule has 1 amide bonds. The summed E-state index contributed by atoms with van der Waals surface area (Å²) in [6, 6.07) is 4.67. The van der Waals surface area contributed by atoms with Gasteiger partial charge in [-0.25, -0.2) is 4.39 Å². The van der Waals surface area contributed by atoms with Crippen LogP contribution in [0.1, 0.15) is 18.4 Å². The zero-order valence-corrected chi connectivity index (χ0v) is 11.3. The van der Waals surface area contributed by atoms with E-state index in [0.717, 1.165) is 18.4 Å². The summed E-state index contributed by atoms with van der Waals surface area (Å²) in [7, 11) is 0. The lowest BCUT2D eigenvalue weighted by molar-refractivity contribution is -0.126. The molecule has 7 heteroatoms. The van der Waals surface area contributed by atoms with Crippen molar-refractivity contribution in [1.82, 2.24) is 25.9 Å². The van der Waals surface area contributed by atoms with Gasteiger partial charge >= 0.3 is 0 Å². The number of carbonyl (C=O) groups is 1. The van der Waals surface area contributed by atoms with Gasteiger partial charge < -0.3 is 5.32 Å². The smallest absolute Gasteiger partial charge is 0.224 e. The van der Waals surface area contributed by atoms with Crippen molar-refractivity contribution in [3.63, 3.8) is 0 Å². The first kappa shape index (κ1) is 13.4. The molecule has 21 heavy (non-hydrogen) atoms. The quantitative estimate of drug-likeness (QED) is 0.836. The monoisotopic (exact) mass is 287 g/mol. The summed E-state index contributed by atoms with van der Waals surface area (Å²) >= 11 is 0. The lowest BCUT2D eigenvalue weighted by Gasteiger charge is -2.27. The molecule has 0 spiro atoms. The van der Waals surface area contributed by atoms with Crippen molar-refractivity contribution in [1.29, 1.82) is 0 Å². The minimum atomic E-state index is -0.444. The molecule has 0 saturated heterocycles. The van der Waals surface area contributed by atoms with Gasteiger partial charge in [-0.1, -0.05) is 18.2 Å². The van der Waals surface area contributed by atoms with Crippen LogP contribution in [-0.2, 0) is 11.3 Å². The summed E-state index contributed by atoms with van der Waals surface area (Å²) in [5.74, 6) is -0.234. The summed E-state index contributed by atoms with van der Waals surface area (Å²) in [5.41, 5.74) is 2.06. The minimum Gasteiger partial charge on any atom is -0.352 e. The van der Waals surface area contributed by atoms with Crippen molar-refractivity contribution in [2.24, 2.45) is 5.92 Å². The highest BCUT2D eigenvalue weighted by atomic mass is 19.1. The van der Waals surface area contributed by atoms with E-state index in [-0.39, 0.29) is 23.2 Å². The van der Waals surface area contributed by atoms with Crippen LogP contribution in [0.5, 0.6) is 0 Å². The molecule has 1 aliphatic rings. The van der Waals surface area contributed by atoms with E-state index in [4.69, 9.17) is 0 Å². The first-order valence-corrected chi connectivity index (χ1v) is 6.60. The van der Waals surface area contributed by atoms with Crippen LogP contribution in [0, 0.1) is 11.7 Å². The highest BCUT2D eigenvalue weighted by molar-refractivity contribution is 5.80. The maximum atomic E-state index is 14.0. The third kappa shape index (κ3) is 2.81. The van der Waals surface area contributed by atoms with Crippen LogP contribution in [0.4, 0.5) is 4.39 Å². The molecule has 1 aromatic carbocycles. The number of hydrogen-bond donors (Lipinski definition) is 2. The van der Waals surface area contributed by atoms with Gasteiger partial charge in [0.2, 0.25) is 11.7 Å². The molecule has 3 rings (SSSR count). The van der Waals surface area contributed by atoms with Crippen LogP contribution in [0.3, 0.4) is 0 Å². The Hall–Kier alpha value is -2.57. The zero-order valence-electron chi connectivity index (χ0n) is 11.3. The van der Waals surface area contributed by atoms with Crippen LogP contribution in [0.25, 0.3) is 11.4 Å². The number of nitrogens with zero attached hydrogens (tertiary/aromatic N) is 3. The third-order valence-electron chi connectivity index (χ3n) is 3.53. The molecule has 0 radical (unpaired) electrons. The molecule has 1 saturated carbocycles. The number of H-pyrrole nitrogens is 1. The molecule has 6 nitrogen and oxygen atoms in total. The van der Waals surface area contributed by atoms with Gasteiger partial charge in [-0.05, 0) is 35.8 Å². The summed E-state index contributed by atoms with van der Waals surface area (Å²) in [6.45, 7) is 4.10. The first-order chi connectivity index (χ1) is 10.1. The highest BCUT2D eigenvalue weighted by Gasteiger charge is 2.28. The fraction of sp³-hybridized carbons (Fsp3) is 0.286. The number of benzene rings is 1. The maximum absolute atomic E-state index is 14.0. The van der Waals surface area contributed by atoms with E-state index < -0.39 is 5.82 Å². The van der Waals surface area contributed by atoms with Gasteiger partial charge in [0.25, 0.3) is 0 Å². The summed E-state index contributed by atoms with van der Waals surface area (Å²) in [5, 5.41) is 16.0. The van der Waals surface area contributed by atoms with Crippen LogP contribution in [0.2, 0.25) is 0 Å². The summed E-state index contributed by atoms with van der Waals surface area (Å²) < 4.78 is 14.0. The van der Waals surface area contributed by atoms with Crippen molar-refractivity contribution >= 4 is 5.91 Å². The average Bonchev–Trinajstić information content (AvgIpc) is 2.95. The zero-order chi connectivity index (χ0) is 14.8. The van der Waals surface area contributed by atoms with E-state index in [1.807, 2.05) is 0 Å². The Morgan fingerprint density at radius 2 is 2.29 bits per heavy atom. The molecule has 0 bridgehead atoms. The molecular formula is C14H14FN5O. The largest absolute Gasteiger partial charge is 0.352 e. The second-order valence-corrected chi connectivity index (χ2v) is 5.12. The van der Waals surface area contributed by atoms with Gasteiger partial charge in [0.05, 0.1) is 5.56 Å². The predicted octanol–water partition coefficient (Wildman–Crippen LogP) is 1.59. The Balaban J connectivity index is 1.63. The molecule has 0 atom stereocenters.